The van der Waals surface area contributed by atoms with E-state index in [2.05, 4.69) is 71.3 Å². The molecule has 0 heterocycles. The summed E-state index contributed by atoms with van der Waals surface area (Å²) in [4.78, 5) is 0. The van der Waals surface area contributed by atoms with Crippen molar-refractivity contribution in [2.24, 2.45) is 23.2 Å². The van der Waals surface area contributed by atoms with Crippen molar-refractivity contribution in [2.75, 3.05) is 6.54 Å². The van der Waals surface area contributed by atoms with Crippen LogP contribution in [-0.4, -0.2) is 12.6 Å². The molecular formula is C26H34N2. The molecule has 2 aromatic rings. The minimum atomic E-state index is 0.521. The first-order valence-corrected chi connectivity index (χ1v) is 11.3. The van der Waals surface area contributed by atoms with Gasteiger partial charge < -0.3 is 10.6 Å². The van der Waals surface area contributed by atoms with Crippen molar-refractivity contribution in [1.29, 1.82) is 0 Å². The molecule has 0 amide bonds. The number of nitrogens with one attached hydrogen (secondary N) is 2. The van der Waals surface area contributed by atoms with Gasteiger partial charge in [-0.05, 0) is 72.8 Å². The molecule has 2 heteroatoms. The van der Waals surface area contributed by atoms with E-state index in [9.17, 15) is 0 Å². The zero-order valence-corrected chi connectivity index (χ0v) is 16.9. The molecule has 0 aliphatic heterocycles. The van der Waals surface area contributed by atoms with Crippen molar-refractivity contribution < 1.29 is 0 Å². The molecule has 2 N–H and O–H groups in total. The second-order valence-corrected chi connectivity index (χ2v) is 9.82. The summed E-state index contributed by atoms with van der Waals surface area (Å²) in [6, 6.07) is 22.3. The highest BCUT2D eigenvalue weighted by Gasteiger charge is 2.53. The smallest absolute Gasteiger partial charge is 0.0252 e. The second-order valence-electron chi connectivity index (χ2n) is 9.82. The van der Waals surface area contributed by atoms with Gasteiger partial charge in [-0.15, -0.1) is 0 Å². The Kier molecular flexibility index (Phi) is 5.26. The quantitative estimate of drug-likeness (QED) is 0.668. The Bertz CT molecular complexity index is 719. The summed E-state index contributed by atoms with van der Waals surface area (Å²) in [5.74, 6) is 3.00. The lowest BCUT2D eigenvalue weighted by Crippen LogP contribution is -2.58. The molecule has 4 fully saturated rings. The Morgan fingerprint density at radius 3 is 1.75 bits per heavy atom. The summed E-state index contributed by atoms with van der Waals surface area (Å²) in [6.45, 7) is 3.03. The monoisotopic (exact) mass is 374 g/mol. The molecular weight excluding hydrogens is 340 g/mol. The van der Waals surface area contributed by atoms with Crippen LogP contribution in [0.3, 0.4) is 0 Å². The van der Waals surface area contributed by atoms with Crippen molar-refractivity contribution in [3.05, 3.63) is 71.8 Å². The molecule has 0 saturated heterocycles. The Morgan fingerprint density at radius 2 is 1.21 bits per heavy atom. The third kappa shape index (κ3) is 3.90. The standard InChI is InChI=1S/C26H34N2/c1-3-7-20(8-4-1)17-27-19-25(28-18-21-9-5-2-6-10-21)26-14-22-11-23(15-26)13-24(12-22)16-26/h1-10,22-25,27-28H,11-19H2. The van der Waals surface area contributed by atoms with Gasteiger partial charge in [0.2, 0.25) is 0 Å². The van der Waals surface area contributed by atoms with Crippen molar-refractivity contribution >= 4 is 0 Å². The predicted octanol–water partition coefficient (Wildman–Crippen LogP) is 5.15. The molecule has 4 aliphatic carbocycles. The van der Waals surface area contributed by atoms with E-state index in [-0.39, 0.29) is 0 Å². The molecule has 4 bridgehead atoms. The van der Waals surface area contributed by atoms with E-state index in [1.54, 1.807) is 0 Å². The summed E-state index contributed by atoms with van der Waals surface area (Å²) in [5.41, 5.74) is 3.31. The van der Waals surface area contributed by atoms with E-state index in [0.29, 0.717) is 11.5 Å². The molecule has 0 radical (unpaired) electrons. The minimum absolute atomic E-state index is 0.521. The molecule has 6 rings (SSSR count). The van der Waals surface area contributed by atoms with Crippen molar-refractivity contribution in [2.45, 2.75) is 57.7 Å². The van der Waals surface area contributed by atoms with Gasteiger partial charge in [0.25, 0.3) is 0 Å². The average molecular weight is 375 g/mol. The molecule has 4 saturated carbocycles. The summed E-state index contributed by atoms with van der Waals surface area (Å²) in [6.07, 6.45) is 8.92. The van der Waals surface area contributed by atoms with Crippen LogP contribution in [0.25, 0.3) is 0 Å². The molecule has 0 spiro atoms. The zero-order valence-electron chi connectivity index (χ0n) is 16.9. The predicted molar refractivity (Wildman–Crippen MR) is 116 cm³/mol. The Labute approximate surface area is 170 Å². The number of rotatable bonds is 8. The van der Waals surface area contributed by atoms with Crippen LogP contribution < -0.4 is 10.6 Å². The van der Waals surface area contributed by atoms with E-state index in [4.69, 9.17) is 0 Å². The molecule has 4 aliphatic rings. The maximum Gasteiger partial charge on any atom is 0.0252 e. The van der Waals surface area contributed by atoms with Gasteiger partial charge in [-0.25, -0.2) is 0 Å². The fourth-order valence-corrected chi connectivity index (χ4v) is 6.90. The Hall–Kier alpha value is -1.64. The van der Waals surface area contributed by atoms with Gasteiger partial charge in [-0.1, -0.05) is 60.7 Å². The lowest BCUT2D eigenvalue weighted by molar-refractivity contribution is -0.0737. The highest BCUT2D eigenvalue weighted by Crippen LogP contribution is 2.61. The van der Waals surface area contributed by atoms with Crippen molar-refractivity contribution in [1.82, 2.24) is 10.6 Å². The van der Waals surface area contributed by atoms with Gasteiger partial charge in [0.1, 0.15) is 0 Å². The van der Waals surface area contributed by atoms with E-state index < -0.39 is 0 Å². The molecule has 1 atom stereocenters. The lowest BCUT2D eigenvalue weighted by Gasteiger charge is -2.59. The van der Waals surface area contributed by atoms with Crippen LogP contribution in [0.5, 0.6) is 0 Å². The highest BCUT2D eigenvalue weighted by atomic mass is 15.0. The van der Waals surface area contributed by atoms with Crippen LogP contribution in [-0.2, 0) is 13.1 Å². The van der Waals surface area contributed by atoms with Crippen LogP contribution in [0.2, 0.25) is 0 Å². The largest absolute Gasteiger partial charge is 0.311 e. The maximum absolute atomic E-state index is 4.02. The van der Waals surface area contributed by atoms with E-state index in [1.165, 1.54) is 49.7 Å². The topological polar surface area (TPSA) is 24.1 Å². The zero-order chi connectivity index (χ0) is 18.8. The fourth-order valence-electron chi connectivity index (χ4n) is 6.90. The van der Waals surface area contributed by atoms with Crippen LogP contribution in [0.1, 0.15) is 49.7 Å². The van der Waals surface area contributed by atoms with E-state index in [1.807, 2.05) is 0 Å². The van der Waals surface area contributed by atoms with Gasteiger partial charge in [0.05, 0.1) is 0 Å². The first-order chi connectivity index (χ1) is 13.8. The molecule has 2 nitrogen and oxygen atoms in total. The number of benzene rings is 2. The fraction of sp³-hybridized carbons (Fsp3) is 0.538. The maximum atomic E-state index is 4.02. The summed E-state index contributed by atoms with van der Waals surface area (Å²) >= 11 is 0. The van der Waals surface area contributed by atoms with Gasteiger partial charge >= 0.3 is 0 Å². The normalized spacial score (nSPS) is 31.8. The summed E-state index contributed by atoms with van der Waals surface area (Å²) in [7, 11) is 0. The van der Waals surface area contributed by atoms with E-state index >= 15 is 0 Å². The molecule has 148 valence electrons. The number of hydrogen-bond acceptors (Lipinski definition) is 2. The first-order valence-electron chi connectivity index (χ1n) is 11.3. The van der Waals surface area contributed by atoms with Crippen molar-refractivity contribution in [3.8, 4) is 0 Å². The first kappa shape index (κ1) is 18.4. The van der Waals surface area contributed by atoms with Crippen LogP contribution in [0.4, 0.5) is 0 Å². The summed E-state index contributed by atoms with van der Waals surface area (Å²) in [5, 5.41) is 7.82. The molecule has 1 unspecified atom stereocenters. The average Bonchev–Trinajstić information content (AvgIpc) is 2.71. The Morgan fingerprint density at radius 1 is 0.714 bits per heavy atom. The van der Waals surface area contributed by atoms with Crippen LogP contribution in [0, 0.1) is 23.2 Å². The molecule has 2 aromatic carbocycles. The van der Waals surface area contributed by atoms with E-state index in [0.717, 1.165) is 37.4 Å². The van der Waals surface area contributed by atoms with Gasteiger partial charge in [-0.2, -0.15) is 0 Å². The van der Waals surface area contributed by atoms with Crippen LogP contribution >= 0.6 is 0 Å². The highest BCUT2D eigenvalue weighted by molar-refractivity contribution is 5.16. The SMILES string of the molecule is c1ccc(CNCC(NCc2ccccc2)C23CC4CC(CC(C4)C2)C3)cc1. The van der Waals surface area contributed by atoms with Crippen molar-refractivity contribution in [3.63, 3.8) is 0 Å². The lowest BCUT2D eigenvalue weighted by atomic mass is 9.47. The van der Waals surface area contributed by atoms with Crippen LogP contribution in [0.15, 0.2) is 60.7 Å². The van der Waals surface area contributed by atoms with Gasteiger partial charge in [0, 0.05) is 25.7 Å². The molecule has 28 heavy (non-hydrogen) atoms. The summed E-state index contributed by atoms with van der Waals surface area (Å²) < 4.78 is 0. The Balaban J connectivity index is 1.29. The third-order valence-corrected chi connectivity index (χ3v) is 7.74. The second kappa shape index (κ2) is 8.00. The number of hydrogen-bond donors (Lipinski definition) is 2. The van der Waals surface area contributed by atoms with Gasteiger partial charge in [-0.3, -0.25) is 0 Å². The molecule has 0 aromatic heterocycles. The third-order valence-electron chi connectivity index (χ3n) is 7.74. The minimum Gasteiger partial charge on any atom is -0.311 e. The van der Waals surface area contributed by atoms with Gasteiger partial charge in [0.15, 0.2) is 0 Å².